The number of fused-ring (bicyclic) bond motifs is 1. The number of nitrogens with one attached hydrogen (secondary N) is 1. The zero-order chi connectivity index (χ0) is 18.6. The van der Waals surface area contributed by atoms with E-state index in [4.69, 9.17) is 4.74 Å². The standard InChI is InChI=1S/C19H16N6O2/c1-27-15-9-7-13(8-10-15)11-25-18-16(23-24-25)17(20-12-21-18)22-19(26)14-5-3-2-4-6-14/h2-10,12H,11H2,1H3,(H,20,21,22,26). The molecule has 2 aromatic carbocycles. The summed E-state index contributed by atoms with van der Waals surface area (Å²) in [5.74, 6) is 0.852. The first kappa shape index (κ1) is 16.6. The first-order valence-electron chi connectivity index (χ1n) is 8.28. The maximum atomic E-state index is 12.4. The average Bonchev–Trinajstić information content (AvgIpc) is 3.13. The molecule has 4 aromatic rings. The summed E-state index contributed by atoms with van der Waals surface area (Å²) >= 11 is 0. The number of carbonyl (C=O) groups excluding carboxylic acids is 1. The quantitative estimate of drug-likeness (QED) is 0.588. The van der Waals surface area contributed by atoms with Gasteiger partial charge in [-0.1, -0.05) is 35.5 Å². The SMILES string of the molecule is COc1ccc(Cn2nnc3c(NC(=O)c4ccccc4)ncnc32)cc1. The van der Waals surface area contributed by atoms with E-state index in [0.717, 1.165) is 11.3 Å². The molecule has 0 atom stereocenters. The number of methoxy groups -OCH3 is 1. The lowest BCUT2D eigenvalue weighted by Gasteiger charge is -2.05. The van der Waals surface area contributed by atoms with Gasteiger partial charge in [0, 0.05) is 5.56 Å². The van der Waals surface area contributed by atoms with Crippen LogP contribution in [0.5, 0.6) is 5.75 Å². The Kier molecular flexibility index (Phi) is 4.44. The lowest BCUT2D eigenvalue weighted by molar-refractivity contribution is 0.102. The molecule has 0 aliphatic rings. The molecule has 0 aliphatic heterocycles. The second-order valence-corrected chi connectivity index (χ2v) is 5.81. The summed E-state index contributed by atoms with van der Waals surface area (Å²) in [4.78, 5) is 20.8. The molecule has 0 spiro atoms. The van der Waals surface area contributed by atoms with E-state index in [9.17, 15) is 4.79 Å². The molecule has 2 aromatic heterocycles. The lowest BCUT2D eigenvalue weighted by atomic mass is 10.2. The van der Waals surface area contributed by atoms with Crippen molar-refractivity contribution in [1.29, 1.82) is 0 Å². The molecule has 2 heterocycles. The minimum atomic E-state index is -0.264. The van der Waals surface area contributed by atoms with Gasteiger partial charge in [0.15, 0.2) is 17.0 Å². The second kappa shape index (κ2) is 7.20. The van der Waals surface area contributed by atoms with Crippen molar-refractivity contribution < 1.29 is 9.53 Å². The molecule has 0 unspecified atom stereocenters. The number of benzene rings is 2. The molecule has 0 bridgehead atoms. The molecule has 0 fully saturated rings. The van der Waals surface area contributed by atoms with Gasteiger partial charge in [0.25, 0.3) is 5.91 Å². The maximum absolute atomic E-state index is 12.4. The van der Waals surface area contributed by atoms with Gasteiger partial charge in [0.1, 0.15) is 12.1 Å². The Labute approximate surface area is 154 Å². The number of amides is 1. The summed E-state index contributed by atoms with van der Waals surface area (Å²) in [7, 11) is 1.63. The molecule has 8 heteroatoms. The van der Waals surface area contributed by atoms with E-state index in [0.29, 0.717) is 29.1 Å². The number of rotatable bonds is 5. The molecule has 0 aliphatic carbocycles. The third kappa shape index (κ3) is 3.45. The summed E-state index contributed by atoms with van der Waals surface area (Å²) in [6, 6.07) is 16.6. The maximum Gasteiger partial charge on any atom is 0.256 e. The van der Waals surface area contributed by atoms with Crippen molar-refractivity contribution in [2.75, 3.05) is 12.4 Å². The fraction of sp³-hybridized carbons (Fsp3) is 0.105. The molecule has 8 nitrogen and oxygen atoms in total. The van der Waals surface area contributed by atoms with E-state index < -0.39 is 0 Å². The van der Waals surface area contributed by atoms with Crippen LogP contribution >= 0.6 is 0 Å². The summed E-state index contributed by atoms with van der Waals surface area (Å²) in [5, 5.41) is 11.1. The van der Waals surface area contributed by atoms with Crippen molar-refractivity contribution in [2.24, 2.45) is 0 Å². The normalized spacial score (nSPS) is 10.7. The topological polar surface area (TPSA) is 94.8 Å². The Balaban J connectivity index is 1.60. The average molecular weight is 360 g/mol. The van der Waals surface area contributed by atoms with Crippen molar-refractivity contribution >= 4 is 22.9 Å². The van der Waals surface area contributed by atoms with Gasteiger partial charge in [0.05, 0.1) is 13.7 Å². The minimum Gasteiger partial charge on any atom is -0.497 e. The Morgan fingerprint density at radius 2 is 1.85 bits per heavy atom. The summed E-state index contributed by atoms with van der Waals surface area (Å²) in [6.45, 7) is 0.490. The molecule has 0 radical (unpaired) electrons. The van der Waals surface area contributed by atoms with Gasteiger partial charge in [-0.15, -0.1) is 5.10 Å². The summed E-state index contributed by atoms with van der Waals surface area (Å²) in [5.41, 5.74) is 2.55. The molecule has 1 amide bonds. The van der Waals surface area contributed by atoms with Gasteiger partial charge in [0.2, 0.25) is 0 Å². The monoisotopic (exact) mass is 360 g/mol. The number of nitrogens with zero attached hydrogens (tertiary/aromatic N) is 5. The molecule has 0 saturated heterocycles. The fourth-order valence-corrected chi connectivity index (χ4v) is 2.66. The van der Waals surface area contributed by atoms with Crippen molar-refractivity contribution in [3.8, 4) is 5.75 Å². The van der Waals surface area contributed by atoms with Crippen molar-refractivity contribution in [3.05, 3.63) is 72.1 Å². The number of hydrogen-bond donors (Lipinski definition) is 1. The Morgan fingerprint density at radius 3 is 2.59 bits per heavy atom. The fourth-order valence-electron chi connectivity index (χ4n) is 2.66. The van der Waals surface area contributed by atoms with Crippen LogP contribution in [0.15, 0.2) is 60.9 Å². The van der Waals surface area contributed by atoms with Crippen molar-refractivity contribution in [3.63, 3.8) is 0 Å². The Hall–Kier alpha value is -3.81. The van der Waals surface area contributed by atoms with Crippen molar-refractivity contribution in [1.82, 2.24) is 25.0 Å². The second-order valence-electron chi connectivity index (χ2n) is 5.81. The highest BCUT2D eigenvalue weighted by atomic mass is 16.5. The van der Waals surface area contributed by atoms with Crippen LogP contribution in [0.25, 0.3) is 11.2 Å². The van der Waals surface area contributed by atoms with E-state index in [1.54, 1.807) is 36.1 Å². The van der Waals surface area contributed by atoms with Gasteiger partial charge in [-0.2, -0.15) is 0 Å². The first-order chi connectivity index (χ1) is 13.2. The van der Waals surface area contributed by atoms with Crippen molar-refractivity contribution in [2.45, 2.75) is 6.54 Å². The van der Waals surface area contributed by atoms with Gasteiger partial charge in [-0.05, 0) is 29.8 Å². The van der Waals surface area contributed by atoms with Crippen LogP contribution in [0.4, 0.5) is 5.82 Å². The van der Waals surface area contributed by atoms with E-state index in [2.05, 4.69) is 25.6 Å². The van der Waals surface area contributed by atoms with E-state index in [1.807, 2.05) is 30.3 Å². The molecule has 4 rings (SSSR count). The zero-order valence-electron chi connectivity index (χ0n) is 14.5. The lowest BCUT2D eigenvalue weighted by Crippen LogP contribution is -2.13. The number of aromatic nitrogens is 5. The molecule has 134 valence electrons. The summed E-state index contributed by atoms with van der Waals surface area (Å²) in [6.07, 6.45) is 1.39. The smallest absolute Gasteiger partial charge is 0.256 e. The van der Waals surface area contributed by atoms with Crippen LogP contribution in [-0.4, -0.2) is 38.0 Å². The molecular formula is C19H16N6O2. The van der Waals surface area contributed by atoms with E-state index in [-0.39, 0.29) is 5.91 Å². The third-order valence-corrected chi connectivity index (χ3v) is 4.06. The Bertz CT molecular complexity index is 1080. The molecule has 27 heavy (non-hydrogen) atoms. The van der Waals surface area contributed by atoms with E-state index >= 15 is 0 Å². The highest BCUT2D eigenvalue weighted by molar-refractivity contribution is 6.06. The third-order valence-electron chi connectivity index (χ3n) is 4.06. The van der Waals surface area contributed by atoms with Gasteiger partial charge < -0.3 is 10.1 Å². The number of anilines is 1. The number of hydrogen-bond acceptors (Lipinski definition) is 6. The van der Waals surface area contributed by atoms with Gasteiger partial charge >= 0.3 is 0 Å². The molecular weight excluding hydrogens is 344 g/mol. The highest BCUT2D eigenvalue weighted by Crippen LogP contribution is 2.18. The molecule has 1 N–H and O–H groups in total. The zero-order valence-corrected chi connectivity index (χ0v) is 14.5. The molecule has 0 saturated carbocycles. The van der Waals surface area contributed by atoms with Crippen LogP contribution in [0, 0.1) is 0 Å². The predicted octanol–water partition coefficient (Wildman–Crippen LogP) is 2.53. The predicted molar refractivity (Wildman–Crippen MR) is 99.6 cm³/mol. The van der Waals surface area contributed by atoms with Gasteiger partial charge in [-0.25, -0.2) is 14.6 Å². The van der Waals surface area contributed by atoms with Crippen LogP contribution in [-0.2, 0) is 6.54 Å². The first-order valence-corrected chi connectivity index (χ1v) is 8.28. The summed E-state index contributed by atoms with van der Waals surface area (Å²) < 4.78 is 6.83. The minimum absolute atomic E-state index is 0.264. The van der Waals surface area contributed by atoms with Crippen LogP contribution in [0.1, 0.15) is 15.9 Å². The number of carbonyl (C=O) groups is 1. The largest absolute Gasteiger partial charge is 0.497 e. The van der Waals surface area contributed by atoms with E-state index in [1.165, 1.54) is 6.33 Å². The van der Waals surface area contributed by atoms with Crippen LogP contribution < -0.4 is 10.1 Å². The van der Waals surface area contributed by atoms with Crippen LogP contribution in [0.3, 0.4) is 0 Å². The van der Waals surface area contributed by atoms with Gasteiger partial charge in [-0.3, -0.25) is 4.79 Å². The Morgan fingerprint density at radius 1 is 1.07 bits per heavy atom. The highest BCUT2D eigenvalue weighted by Gasteiger charge is 2.15. The number of ether oxygens (including phenoxy) is 1. The van der Waals surface area contributed by atoms with Crippen LogP contribution in [0.2, 0.25) is 0 Å².